The topological polar surface area (TPSA) is 87.0 Å². The van der Waals surface area contributed by atoms with E-state index in [2.05, 4.69) is 11.9 Å². The van der Waals surface area contributed by atoms with Crippen LogP contribution in [0.2, 0.25) is 0 Å². The molecule has 2 N–H and O–H groups in total. The standard InChI is InChI=1S/C22H43NO2.C3H6O2/c1-3-4-5-6-7-8-9-10-11-12-13-14-15-16-17-18-19-20-23-21(2)22(24)25;1-2-3(4)5/h3-20H2,1-2H3,(H,24,25);2H2,1H3,(H,4,5). The number of unbranched alkanes of at least 4 members (excludes halogenated alkanes) is 16. The number of carboxylic acids is 2. The summed E-state index contributed by atoms with van der Waals surface area (Å²) in [5.74, 6) is -1.64. The molecule has 0 saturated carbocycles. The number of carbonyl (C=O) groups is 2. The Morgan fingerprint density at radius 1 is 0.600 bits per heavy atom. The molecular weight excluding hydrogens is 378 g/mol. The molecule has 0 aliphatic heterocycles. The molecule has 0 saturated heterocycles. The van der Waals surface area contributed by atoms with Crippen LogP contribution in [0.5, 0.6) is 0 Å². The van der Waals surface area contributed by atoms with Gasteiger partial charge in [0.05, 0.1) is 0 Å². The average Bonchev–Trinajstić information content (AvgIpc) is 2.73. The van der Waals surface area contributed by atoms with Gasteiger partial charge in [-0.2, -0.15) is 0 Å². The Morgan fingerprint density at radius 2 is 0.900 bits per heavy atom. The van der Waals surface area contributed by atoms with Crippen molar-refractivity contribution in [1.29, 1.82) is 0 Å². The van der Waals surface area contributed by atoms with E-state index >= 15 is 0 Å². The van der Waals surface area contributed by atoms with Gasteiger partial charge in [0.15, 0.2) is 0 Å². The van der Waals surface area contributed by atoms with Crippen molar-refractivity contribution in [2.45, 2.75) is 136 Å². The van der Waals surface area contributed by atoms with E-state index in [-0.39, 0.29) is 12.1 Å². The van der Waals surface area contributed by atoms with E-state index < -0.39 is 11.9 Å². The lowest BCUT2D eigenvalue weighted by molar-refractivity contribution is -0.136. The van der Waals surface area contributed by atoms with Crippen molar-refractivity contribution >= 4 is 17.7 Å². The van der Waals surface area contributed by atoms with Crippen LogP contribution in [0, 0.1) is 0 Å². The Labute approximate surface area is 185 Å². The molecule has 178 valence electrons. The van der Waals surface area contributed by atoms with Gasteiger partial charge in [0.2, 0.25) is 0 Å². The summed E-state index contributed by atoms with van der Waals surface area (Å²) >= 11 is 0. The van der Waals surface area contributed by atoms with E-state index in [4.69, 9.17) is 10.2 Å². The Bertz CT molecular complexity index is 421. The maximum Gasteiger partial charge on any atom is 0.349 e. The lowest BCUT2D eigenvalue weighted by atomic mass is 10.0. The molecule has 30 heavy (non-hydrogen) atoms. The Morgan fingerprint density at radius 3 is 1.17 bits per heavy atom. The quantitative estimate of drug-likeness (QED) is 0.154. The Balaban J connectivity index is 0. The first-order valence-corrected chi connectivity index (χ1v) is 12.4. The highest BCUT2D eigenvalue weighted by Crippen LogP contribution is 2.14. The molecule has 0 atom stereocenters. The van der Waals surface area contributed by atoms with Crippen LogP contribution in [-0.4, -0.2) is 34.4 Å². The Hall–Kier alpha value is -1.39. The number of carboxylic acid groups (broad SMARTS) is 2. The van der Waals surface area contributed by atoms with Gasteiger partial charge in [0.25, 0.3) is 0 Å². The van der Waals surface area contributed by atoms with Crippen LogP contribution in [0.1, 0.15) is 136 Å². The molecule has 0 bridgehead atoms. The van der Waals surface area contributed by atoms with Crippen molar-refractivity contribution in [3.05, 3.63) is 0 Å². The zero-order valence-corrected chi connectivity index (χ0v) is 20.1. The minimum absolute atomic E-state index is 0.222. The minimum Gasteiger partial charge on any atom is -0.481 e. The van der Waals surface area contributed by atoms with Gasteiger partial charge >= 0.3 is 11.9 Å². The summed E-state index contributed by atoms with van der Waals surface area (Å²) in [6.45, 7) is 6.11. The molecule has 0 radical (unpaired) electrons. The first-order valence-electron chi connectivity index (χ1n) is 12.4. The summed E-state index contributed by atoms with van der Waals surface area (Å²) in [6, 6.07) is 0. The minimum atomic E-state index is -0.896. The molecule has 0 aliphatic carbocycles. The highest BCUT2D eigenvalue weighted by atomic mass is 16.4. The van der Waals surface area contributed by atoms with Crippen LogP contribution in [0.3, 0.4) is 0 Å². The van der Waals surface area contributed by atoms with Crippen molar-refractivity contribution in [1.82, 2.24) is 0 Å². The van der Waals surface area contributed by atoms with Gasteiger partial charge in [0, 0.05) is 13.0 Å². The van der Waals surface area contributed by atoms with Gasteiger partial charge in [-0.25, -0.2) is 4.79 Å². The predicted octanol–water partition coefficient (Wildman–Crippen LogP) is 7.66. The van der Waals surface area contributed by atoms with E-state index in [1.165, 1.54) is 103 Å². The number of aliphatic carboxylic acids is 2. The summed E-state index contributed by atoms with van der Waals surface area (Å²) < 4.78 is 0. The smallest absolute Gasteiger partial charge is 0.349 e. The van der Waals surface area contributed by atoms with E-state index in [0.29, 0.717) is 6.54 Å². The van der Waals surface area contributed by atoms with Crippen molar-refractivity contribution in [3.63, 3.8) is 0 Å². The van der Waals surface area contributed by atoms with Crippen LogP contribution in [0.15, 0.2) is 4.99 Å². The average molecular weight is 428 g/mol. The van der Waals surface area contributed by atoms with Gasteiger partial charge in [-0.15, -0.1) is 0 Å². The molecule has 0 aromatic rings. The summed E-state index contributed by atoms with van der Waals surface area (Å²) in [4.78, 5) is 24.0. The first kappa shape index (κ1) is 30.8. The lowest BCUT2D eigenvalue weighted by Gasteiger charge is -2.03. The number of aliphatic imine (C=N–C) groups is 1. The van der Waals surface area contributed by atoms with Crippen LogP contribution in [0.25, 0.3) is 0 Å². The zero-order chi connectivity index (χ0) is 22.9. The maximum absolute atomic E-state index is 10.6. The third-order valence-corrected chi connectivity index (χ3v) is 5.22. The van der Waals surface area contributed by atoms with Gasteiger partial charge in [0.1, 0.15) is 5.71 Å². The van der Waals surface area contributed by atoms with Crippen LogP contribution in [0.4, 0.5) is 0 Å². The van der Waals surface area contributed by atoms with E-state index in [1.54, 1.807) is 13.8 Å². The van der Waals surface area contributed by atoms with Crippen LogP contribution in [-0.2, 0) is 9.59 Å². The third kappa shape index (κ3) is 28.8. The Kier molecular flexibility index (Phi) is 26.3. The molecule has 0 aromatic carbocycles. The van der Waals surface area contributed by atoms with Crippen molar-refractivity contribution in [2.24, 2.45) is 4.99 Å². The first-order chi connectivity index (χ1) is 14.5. The molecule has 0 rings (SSSR count). The summed E-state index contributed by atoms with van der Waals surface area (Å²) in [6.07, 6.45) is 23.4. The molecular formula is C25H49NO4. The van der Waals surface area contributed by atoms with Crippen molar-refractivity contribution in [2.75, 3.05) is 6.54 Å². The van der Waals surface area contributed by atoms with Crippen LogP contribution >= 0.6 is 0 Å². The maximum atomic E-state index is 10.6. The summed E-state index contributed by atoms with van der Waals surface area (Å²) in [5, 5.41) is 16.4. The normalized spacial score (nSPS) is 11.1. The van der Waals surface area contributed by atoms with E-state index in [0.717, 1.165) is 6.42 Å². The van der Waals surface area contributed by atoms with E-state index in [9.17, 15) is 9.59 Å². The van der Waals surface area contributed by atoms with Crippen molar-refractivity contribution in [3.8, 4) is 0 Å². The number of hydrogen-bond acceptors (Lipinski definition) is 3. The molecule has 0 heterocycles. The second kappa shape index (κ2) is 25.6. The van der Waals surface area contributed by atoms with Crippen molar-refractivity contribution < 1.29 is 19.8 Å². The highest BCUT2D eigenvalue weighted by Gasteiger charge is 1.99. The molecule has 5 heteroatoms. The fourth-order valence-corrected chi connectivity index (χ4v) is 3.15. The number of nitrogens with zero attached hydrogens (tertiary/aromatic N) is 1. The van der Waals surface area contributed by atoms with Gasteiger partial charge in [-0.3, -0.25) is 9.79 Å². The SMILES string of the molecule is CCC(=O)O.CCCCCCCCCCCCCCCCCCCN=C(C)C(=O)O. The molecule has 0 aromatic heterocycles. The van der Waals surface area contributed by atoms with Gasteiger partial charge in [-0.1, -0.05) is 117 Å². The number of hydrogen-bond donors (Lipinski definition) is 2. The van der Waals surface area contributed by atoms with E-state index in [1.807, 2.05) is 0 Å². The summed E-state index contributed by atoms with van der Waals surface area (Å²) in [5.41, 5.74) is 0.233. The molecule has 0 fully saturated rings. The van der Waals surface area contributed by atoms with Gasteiger partial charge in [-0.05, 0) is 13.3 Å². The number of rotatable bonds is 20. The molecule has 0 unspecified atom stereocenters. The lowest BCUT2D eigenvalue weighted by Crippen LogP contribution is -2.08. The predicted molar refractivity (Wildman–Crippen MR) is 128 cm³/mol. The van der Waals surface area contributed by atoms with Gasteiger partial charge < -0.3 is 10.2 Å². The largest absolute Gasteiger partial charge is 0.481 e. The molecule has 5 nitrogen and oxygen atoms in total. The second-order valence-electron chi connectivity index (χ2n) is 8.18. The fourth-order valence-electron chi connectivity index (χ4n) is 3.15. The molecule has 0 spiro atoms. The molecule has 0 amide bonds. The fraction of sp³-hybridized carbons (Fsp3) is 0.880. The highest BCUT2D eigenvalue weighted by molar-refractivity contribution is 6.34. The zero-order valence-electron chi connectivity index (χ0n) is 20.1. The third-order valence-electron chi connectivity index (χ3n) is 5.22. The monoisotopic (exact) mass is 427 g/mol. The summed E-state index contributed by atoms with van der Waals surface area (Å²) in [7, 11) is 0. The van der Waals surface area contributed by atoms with Crippen LogP contribution < -0.4 is 0 Å². The second-order valence-corrected chi connectivity index (χ2v) is 8.18. The molecule has 0 aliphatic rings.